The van der Waals surface area contributed by atoms with E-state index < -0.39 is 15.7 Å². The van der Waals surface area contributed by atoms with Crippen LogP contribution < -0.4 is 10.5 Å². The third kappa shape index (κ3) is 4.22. The number of hydrogen-bond donors (Lipinski definition) is 1. The highest BCUT2D eigenvalue weighted by molar-refractivity contribution is 7.91. The highest BCUT2D eigenvalue weighted by atomic mass is 32.2. The van der Waals surface area contributed by atoms with E-state index in [4.69, 9.17) is 15.2 Å². The Morgan fingerprint density at radius 2 is 2.21 bits per heavy atom. The van der Waals surface area contributed by atoms with Crippen molar-refractivity contribution in [3.05, 3.63) is 24.3 Å². The first-order valence-corrected chi connectivity index (χ1v) is 7.48. The molecule has 1 amide bonds. The third-order valence-corrected chi connectivity index (χ3v) is 4.33. The molecule has 0 aromatic heterocycles. The second-order valence-electron chi connectivity index (χ2n) is 4.28. The van der Waals surface area contributed by atoms with Crippen LogP contribution in [0, 0.1) is 0 Å². The zero-order chi connectivity index (χ0) is 13.9. The molecule has 1 aromatic rings. The van der Waals surface area contributed by atoms with Crippen molar-refractivity contribution in [2.24, 2.45) is 5.73 Å². The van der Waals surface area contributed by atoms with Gasteiger partial charge >= 0.3 is 0 Å². The third-order valence-electron chi connectivity index (χ3n) is 2.62. The molecule has 1 fully saturated rings. The van der Waals surface area contributed by atoms with Crippen LogP contribution in [0.1, 0.15) is 6.42 Å². The van der Waals surface area contributed by atoms with Gasteiger partial charge in [-0.25, -0.2) is 8.42 Å². The lowest BCUT2D eigenvalue weighted by Crippen LogP contribution is -2.17. The predicted molar refractivity (Wildman–Crippen MR) is 67.5 cm³/mol. The summed E-state index contributed by atoms with van der Waals surface area (Å²) in [7, 11) is -3.51. The summed E-state index contributed by atoms with van der Waals surface area (Å²) in [5, 5.41) is 0. The fraction of sp³-hybridized carbons (Fsp3) is 0.417. The topological polar surface area (TPSA) is 99.0 Å². The van der Waals surface area contributed by atoms with Crippen molar-refractivity contribution in [1.82, 2.24) is 0 Å². The number of primary amides is 1. The molecule has 0 radical (unpaired) electrons. The SMILES string of the molecule is NC(=O)CCS(=O)(=O)c1cccc(OCC2CO2)c1. The molecule has 0 saturated carbocycles. The molecule has 0 spiro atoms. The minimum absolute atomic E-state index is 0.107. The minimum atomic E-state index is -3.51. The highest BCUT2D eigenvalue weighted by Gasteiger charge is 2.23. The number of ether oxygens (including phenoxy) is 2. The van der Waals surface area contributed by atoms with Gasteiger partial charge in [0.1, 0.15) is 18.5 Å². The molecule has 1 atom stereocenters. The normalized spacial score (nSPS) is 18.0. The van der Waals surface area contributed by atoms with Gasteiger partial charge in [-0.2, -0.15) is 0 Å². The van der Waals surface area contributed by atoms with Crippen molar-refractivity contribution in [2.75, 3.05) is 19.0 Å². The van der Waals surface area contributed by atoms with Crippen LogP contribution in [0.15, 0.2) is 29.2 Å². The Bertz CT molecular complexity index is 565. The maximum Gasteiger partial charge on any atom is 0.218 e. The number of hydrogen-bond acceptors (Lipinski definition) is 5. The van der Waals surface area contributed by atoms with Crippen molar-refractivity contribution in [2.45, 2.75) is 17.4 Å². The molecular formula is C12H15NO5S. The standard InChI is InChI=1S/C12H15NO5S/c13-12(14)4-5-19(15,16)11-3-1-2-9(6-11)17-7-10-8-18-10/h1-3,6,10H,4-5,7-8H2,(H2,13,14). The van der Waals surface area contributed by atoms with Crippen LogP contribution in [0.5, 0.6) is 5.75 Å². The molecule has 2 rings (SSSR count). The van der Waals surface area contributed by atoms with E-state index in [9.17, 15) is 13.2 Å². The molecule has 1 aromatic carbocycles. The predicted octanol–water partition coefficient (Wildman–Crippen LogP) is 0.113. The van der Waals surface area contributed by atoms with E-state index in [1.807, 2.05) is 0 Å². The smallest absolute Gasteiger partial charge is 0.218 e. The van der Waals surface area contributed by atoms with Gasteiger partial charge in [-0.15, -0.1) is 0 Å². The van der Waals surface area contributed by atoms with Gasteiger partial charge in [-0.05, 0) is 18.2 Å². The first-order chi connectivity index (χ1) is 8.97. The van der Waals surface area contributed by atoms with Gasteiger partial charge in [0.15, 0.2) is 9.84 Å². The van der Waals surface area contributed by atoms with Crippen LogP contribution in [0.2, 0.25) is 0 Å². The van der Waals surface area contributed by atoms with E-state index in [1.54, 1.807) is 12.1 Å². The molecule has 19 heavy (non-hydrogen) atoms. The lowest BCUT2D eigenvalue weighted by molar-refractivity contribution is -0.117. The number of carbonyl (C=O) groups is 1. The zero-order valence-electron chi connectivity index (χ0n) is 10.2. The average Bonchev–Trinajstić information content (AvgIpc) is 3.18. The van der Waals surface area contributed by atoms with E-state index in [2.05, 4.69) is 0 Å². The summed E-state index contributed by atoms with van der Waals surface area (Å²) in [5.74, 6) is -0.463. The molecule has 1 aliphatic rings. The Labute approximate surface area is 111 Å². The van der Waals surface area contributed by atoms with Crippen LogP contribution in [0.3, 0.4) is 0 Å². The van der Waals surface area contributed by atoms with Crippen molar-refractivity contribution < 1.29 is 22.7 Å². The molecule has 2 N–H and O–H groups in total. The van der Waals surface area contributed by atoms with E-state index in [-0.39, 0.29) is 23.2 Å². The Morgan fingerprint density at radius 1 is 1.47 bits per heavy atom. The summed E-state index contributed by atoms with van der Waals surface area (Å²) in [5.41, 5.74) is 4.95. The van der Waals surface area contributed by atoms with Crippen LogP contribution in [-0.2, 0) is 19.4 Å². The number of carbonyl (C=O) groups excluding carboxylic acids is 1. The fourth-order valence-electron chi connectivity index (χ4n) is 1.46. The molecule has 1 aliphatic heterocycles. The first-order valence-electron chi connectivity index (χ1n) is 5.83. The van der Waals surface area contributed by atoms with Gasteiger partial charge in [0, 0.05) is 6.42 Å². The van der Waals surface area contributed by atoms with Crippen molar-refractivity contribution >= 4 is 15.7 Å². The first kappa shape index (κ1) is 13.8. The van der Waals surface area contributed by atoms with Crippen LogP contribution in [0.25, 0.3) is 0 Å². The Morgan fingerprint density at radius 3 is 2.84 bits per heavy atom. The summed E-state index contributed by atoms with van der Waals surface area (Å²) in [6.45, 7) is 1.08. The Balaban J connectivity index is 2.05. The number of rotatable bonds is 7. The van der Waals surface area contributed by atoms with Crippen molar-refractivity contribution in [1.29, 1.82) is 0 Å². The van der Waals surface area contributed by atoms with Crippen LogP contribution in [-0.4, -0.2) is 39.4 Å². The largest absolute Gasteiger partial charge is 0.491 e. The van der Waals surface area contributed by atoms with Gasteiger partial charge in [-0.1, -0.05) is 6.07 Å². The minimum Gasteiger partial charge on any atom is -0.491 e. The summed E-state index contributed by atoms with van der Waals surface area (Å²) < 4.78 is 34.3. The maximum atomic E-state index is 12.0. The molecule has 104 valence electrons. The Kier molecular flexibility index (Phi) is 4.06. The number of amides is 1. The molecule has 1 unspecified atom stereocenters. The lowest BCUT2D eigenvalue weighted by Gasteiger charge is -2.07. The number of nitrogens with two attached hydrogens (primary N) is 1. The number of sulfone groups is 1. The quantitative estimate of drug-likeness (QED) is 0.717. The van der Waals surface area contributed by atoms with E-state index in [1.165, 1.54) is 12.1 Å². The van der Waals surface area contributed by atoms with Gasteiger partial charge in [0.25, 0.3) is 0 Å². The highest BCUT2D eigenvalue weighted by Crippen LogP contribution is 2.20. The van der Waals surface area contributed by atoms with E-state index in [0.717, 1.165) is 0 Å². The van der Waals surface area contributed by atoms with Crippen LogP contribution >= 0.6 is 0 Å². The fourth-order valence-corrected chi connectivity index (χ4v) is 2.75. The second kappa shape index (κ2) is 5.58. The molecule has 0 aliphatic carbocycles. The summed E-state index contributed by atoms with van der Waals surface area (Å²) in [6.07, 6.45) is -0.0845. The summed E-state index contributed by atoms with van der Waals surface area (Å²) in [4.78, 5) is 10.8. The molecular weight excluding hydrogens is 270 g/mol. The van der Waals surface area contributed by atoms with Crippen LogP contribution in [0.4, 0.5) is 0 Å². The van der Waals surface area contributed by atoms with E-state index in [0.29, 0.717) is 19.0 Å². The average molecular weight is 285 g/mol. The van der Waals surface area contributed by atoms with Gasteiger partial charge in [0.2, 0.25) is 5.91 Å². The summed E-state index contributed by atoms with van der Waals surface area (Å²) >= 11 is 0. The van der Waals surface area contributed by atoms with E-state index >= 15 is 0 Å². The van der Waals surface area contributed by atoms with Gasteiger partial charge < -0.3 is 15.2 Å². The zero-order valence-corrected chi connectivity index (χ0v) is 11.1. The molecule has 7 heteroatoms. The molecule has 1 saturated heterocycles. The molecule has 1 heterocycles. The molecule has 6 nitrogen and oxygen atoms in total. The van der Waals surface area contributed by atoms with Crippen molar-refractivity contribution in [3.8, 4) is 5.75 Å². The monoisotopic (exact) mass is 285 g/mol. The number of benzene rings is 1. The number of epoxide rings is 1. The Hall–Kier alpha value is -1.60. The van der Waals surface area contributed by atoms with Crippen molar-refractivity contribution in [3.63, 3.8) is 0 Å². The summed E-state index contributed by atoms with van der Waals surface area (Å²) in [6, 6.07) is 6.19. The molecule has 0 bridgehead atoms. The van der Waals surface area contributed by atoms with Gasteiger partial charge in [-0.3, -0.25) is 4.79 Å². The second-order valence-corrected chi connectivity index (χ2v) is 6.39. The van der Waals surface area contributed by atoms with Gasteiger partial charge in [0.05, 0.1) is 17.3 Å². The lowest BCUT2D eigenvalue weighted by atomic mass is 10.3. The maximum absolute atomic E-state index is 12.0.